The number of benzene rings is 3. The lowest BCUT2D eigenvalue weighted by Gasteiger charge is -2.35. The number of hydrogen-bond acceptors (Lipinski definition) is 4. The van der Waals surface area contributed by atoms with Gasteiger partial charge in [-0.1, -0.05) is 29.8 Å². The maximum atomic E-state index is 13.0. The normalized spacial score (nSPS) is 16.2. The summed E-state index contributed by atoms with van der Waals surface area (Å²) in [5, 5.41) is 11.6. The number of amides is 1. The number of ether oxygens (including phenoxy) is 1. The molecule has 0 radical (unpaired) electrons. The number of rotatable bonds is 4. The molecule has 1 aliphatic heterocycles. The predicted octanol–water partition coefficient (Wildman–Crippen LogP) is 5.35. The van der Waals surface area contributed by atoms with Gasteiger partial charge in [0.1, 0.15) is 5.76 Å². The molecule has 0 N–H and O–H groups in total. The molecule has 0 aliphatic carbocycles. The minimum absolute atomic E-state index is 0.0318. The number of anilines is 1. The van der Waals surface area contributed by atoms with Crippen molar-refractivity contribution in [2.45, 2.75) is 6.23 Å². The van der Waals surface area contributed by atoms with Crippen LogP contribution in [0.2, 0.25) is 5.02 Å². The Morgan fingerprint density at radius 3 is 2.21 bits per heavy atom. The summed E-state index contributed by atoms with van der Waals surface area (Å²) in [5.74, 6) is 0.151. The number of carbonyl (C=O) groups excluding carboxylic acids is 1. The molecule has 3 aromatic carbocycles. The lowest BCUT2D eigenvalue weighted by Crippen LogP contribution is -2.38. The molecular formula is C22H15ClN2O4. The Hall–Kier alpha value is -3.64. The third-order valence-corrected chi connectivity index (χ3v) is 4.77. The average Bonchev–Trinajstić information content (AvgIpc) is 2.74. The molecule has 0 saturated heterocycles. The smallest absolute Gasteiger partial charge is 0.269 e. The number of carbonyl (C=O) groups is 1. The van der Waals surface area contributed by atoms with Crippen LogP contribution >= 0.6 is 11.6 Å². The van der Waals surface area contributed by atoms with Crippen LogP contribution in [0.15, 0.2) is 84.9 Å². The van der Waals surface area contributed by atoms with Crippen LogP contribution < -0.4 is 4.90 Å². The fourth-order valence-electron chi connectivity index (χ4n) is 3.10. The van der Waals surface area contributed by atoms with Gasteiger partial charge in [-0.3, -0.25) is 19.8 Å². The van der Waals surface area contributed by atoms with E-state index >= 15 is 0 Å². The van der Waals surface area contributed by atoms with Gasteiger partial charge in [0.15, 0.2) is 0 Å². The van der Waals surface area contributed by atoms with E-state index in [2.05, 4.69) is 0 Å². The van der Waals surface area contributed by atoms with Crippen LogP contribution in [0.3, 0.4) is 0 Å². The lowest BCUT2D eigenvalue weighted by molar-refractivity contribution is -0.384. The summed E-state index contributed by atoms with van der Waals surface area (Å²) in [6.45, 7) is 0. The molecule has 0 saturated carbocycles. The van der Waals surface area contributed by atoms with Gasteiger partial charge in [-0.2, -0.15) is 0 Å². The molecule has 1 aliphatic rings. The van der Waals surface area contributed by atoms with Crippen molar-refractivity contribution in [3.05, 3.63) is 111 Å². The number of halogens is 1. The lowest BCUT2D eigenvalue weighted by atomic mass is 10.1. The zero-order valence-corrected chi connectivity index (χ0v) is 15.8. The zero-order chi connectivity index (χ0) is 20.4. The Balaban J connectivity index is 1.77. The van der Waals surface area contributed by atoms with Gasteiger partial charge in [0.25, 0.3) is 11.6 Å². The van der Waals surface area contributed by atoms with E-state index in [0.29, 0.717) is 27.6 Å². The molecule has 1 heterocycles. The fraction of sp³-hybridized carbons (Fsp3) is 0.0455. The summed E-state index contributed by atoms with van der Waals surface area (Å²) < 4.78 is 6.19. The van der Waals surface area contributed by atoms with Crippen LogP contribution in [-0.2, 0) is 9.53 Å². The van der Waals surface area contributed by atoms with Crippen molar-refractivity contribution in [1.82, 2.24) is 0 Å². The molecule has 1 amide bonds. The maximum absolute atomic E-state index is 13.0. The Morgan fingerprint density at radius 2 is 1.59 bits per heavy atom. The van der Waals surface area contributed by atoms with E-state index < -0.39 is 11.2 Å². The van der Waals surface area contributed by atoms with Gasteiger partial charge in [0.2, 0.25) is 6.23 Å². The summed E-state index contributed by atoms with van der Waals surface area (Å²) in [6, 6.07) is 22.1. The summed E-state index contributed by atoms with van der Waals surface area (Å²) in [6.07, 6.45) is 0.652. The van der Waals surface area contributed by atoms with E-state index in [-0.39, 0.29) is 11.6 Å². The molecule has 0 fully saturated rings. The van der Waals surface area contributed by atoms with E-state index in [1.807, 2.05) is 18.2 Å². The van der Waals surface area contributed by atoms with Crippen molar-refractivity contribution in [2.24, 2.45) is 0 Å². The van der Waals surface area contributed by atoms with Crippen molar-refractivity contribution in [3.63, 3.8) is 0 Å². The molecular weight excluding hydrogens is 392 g/mol. The third kappa shape index (κ3) is 3.83. The van der Waals surface area contributed by atoms with Gasteiger partial charge in [-0.15, -0.1) is 0 Å². The molecule has 3 aromatic rings. The van der Waals surface area contributed by atoms with Crippen molar-refractivity contribution in [1.29, 1.82) is 0 Å². The van der Waals surface area contributed by atoms with Crippen LogP contribution in [0, 0.1) is 10.1 Å². The highest BCUT2D eigenvalue weighted by Crippen LogP contribution is 2.37. The molecule has 0 aromatic heterocycles. The molecule has 29 heavy (non-hydrogen) atoms. The first-order chi connectivity index (χ1) is 14.0. The van der Waals surface area contributed by atoms with Crippen LogP contribution in [0.25, 0.3) is 5.76 Å². The van der Waals surface area contributed by atoms with E-state index in [1.54, 1.807) is 48.5 Å². The quantitative estimate of drug-likeness (QED) is 0.432. The minimum atomic E-state index is -0.776. The predicted molar refractivity (Wildman–Crippen MR) is 110 cm³/mol. The van der Waals surface area contributed by atoms with Crippen LogP contribution in [0.5, 0.6) is 0 Å². The van der Waals surface area contributed by atoms with Gasteiger partial charge in [-0.25, -0.2) is 0 Å². The number of para-hydroxylation sites is 1. The maximum Gasteiger partial charge on any atom is 0.269 e. The van der Waals surface area contributed by atoms with Crippen LogP contribution in [0.1, 0.15) is 17.4 Å². The molecule has 6 nitrogen and oxygen atoms in total. The number of nitrogens with zero attached hydrogens (tertiary/aromatic N) is 2. The van der Waals surface area contributed by atoms with Gasteiger partial charge < -0.3 is 4.74 Å². The highest BCUT2D eigenvalue weighted by atomic mass is 35.5. The highest BCUT2D eigenvalue weighted by molar-refractivity contribution is 6.30. The van der Waals surface area contributed by atoms with Gasteiger partial charge in [-0.05, 0) is 48.5 Å². The SMILES string of the molecule is O=C1C=C(c2ccc(Cl)cc2)O[C@@H](c2ccc([N+](=O)[O-])cc2)N1c1ccccc1. The second-order valence-electron chi connectivity index (χ2n) is 6.38. The Labute approximate surface area is 171 Å². The van der Waals surface area contributed by atoms with E-state index in [0.717, 1.165) is 0 Å². The average molecular weight is 407 g/mol. The second kappa shape index (κ2) is 7.77. The van der Waals surface area contributed by atoms with Crippen molar-refractivity contribution in [2.75, 3.05) is 4.90 Å². The first-order valence-corrected chi connectivity index (χ1v) is 9.17. The summed E-state index contributed by atoms with van der Waals surface area (Å²) >= 11 is 5.96. The highest BCUT2D eigenvalue weighted by Gasteiger charge is 2.33. The number of nitro benzene ring substituents is 1. The topological polar surface area (TPSA) is 72.7 Å². The first kappa shape index (κ1) is 18.7. The Morgan fingerprint density at radius 1 is 0.931 bits per heavy atom. The minimum Gasteiger partial charge on any atom is -0.465 e. The molecule has 1 atom stereocenters. The number of non-ortho nitro benzene ring substituents is 1. The Kier molecular flexibility index (Phi) is 5.01. The fourth-order valence-corrected chi connectivity index (χ4v) is 3.22. The number of nitro groups is 1. The molecule has 4 rings (SSSR count). The third-order valence-electron chi connectivity index (χ3n) is 4.52. The largest absolute Gasteiger partial charge is 0.465 e. The standard InChI is InChI=1S/C22H15ClN2O4/c23-17-10-6-15(7-11-17)20-14-21(26)24(18-4-2-1-3-5-18)22(29-20)16-8-12-19(13-9-16)25(27)28/h1-14,22H/t22-/m0/s1. The monoisotopic (exact) mass is 406 g/mol. The second-order valence-corrected chi connectivity index (χ2v) is 6.81. The van der Waals surface area contributed by atoms with Gasteiger partial charge in [0, 0.05) is 40.0 Å². The molecule has 0 unspecified atom stereocenters. The molecule has 7 heteroatoms. The van der Waals surface area contributed by atoms with Crippen molar-refractivity contribution < 1.29 is 14.5 Å². The zero-order valence-electron chi connectivity index (χ0n) is 15.1. The van der Waals surface area contributed by atoms with Crippen molar-refractivity contribution >= 4 is 34.6 Å². The van der Waals surface area contributed by atoms with E-state index in [4.69, 9.17) is 16.3 Å². The summed E-state index contributed by atoms with van der Waals surface area (Å²) in [5.41, 5.74) is 1.96. The van der Waals surface area contributed by atoms with Crippen LogP contribution in [-0.4, -0.2) is 10.8 Å². The van der Waals surface area contributed by atoms with E-state index in [9.17, 15) is 14.9 Å². The first-order valence-electron chi connectivity index (χ1n) is 8.80. The summed E-state index contributed by atoms with van der Waals surface area (Å²) in [7, 11) is 0. The number of hydrogen-bond donors (Lipinski definition) is 0. The molecule has 0 bridgehead atoms. The van der Waals surface area contributed by atoms with Gasteiger partial charge in [0.05, 0.1) is 4.92 Å². The van der Waals surface area contributed by atoms with Gasteiger partial charge >= 0.3 is 0 Å². The molecule has 0 spiro atoms. The Bertz CT molecular complexity index is 1080. The van der Waals surface area contributed by atoms with E-state index in [1.165, 1.54) is 23.1 Å². The molecule has 144 valence electrons. The van der Waals surface area contributed by atoms with Crippen molar-refractivity contribution in [3.8, 4) is 0 Å². The van der Waals surface area contributed by atoms with Crippen LogP contribution in [0.4, 0.5) is 11.4 Å². The summed E-state index contributed by atoms with van der Waals surface area (Å²) in [4.78, 5) is 25.1.